The molecule has 2 heteroatoms. The highest BCUT2D eigenvalue weighted by Gasteiger charge is 2.60. The fourth-order valence-electron chi connectivity index (χ4n) is 8.27. The molecule has 3 unspecified atom stereocenters. The summed E-state index contributed by atoms with van der Waals surface area (Å²) in [4.78, 5) is 0. The molecule has 4 saturated carbocycles. The summed E-state index contributed by atoms with van der Waals surface area (Å²) in [6, 6.07) is 0. The van der Waals surface area contributed by atoms with Crippen LogP contribution < -0.4 is 0 Å². The molecule has 0 radical (unpaired) electrons. The molecule has 0 bridgehead atoms. The molecule has 0 aromatic rings. The van der Waals surface area contributed by atoms with Gasteiger partial charge in [-0.25, -0.2) is 0 Å². The second-order valence-electron chi connectivity index (χ2n) is 10.3. The topological polar surface area (TPSA) is 29.5 Å². The molecule has 24 heavy (non-hydrogen) atoms. The number of ether oxygens (including phenoxy) is 1. The van der Waals surface area contributed by atoms with Crippen molar-refractivity contribution in [1.82, 2.24) is 0 Å². The van der Waals surface area contributed by atoms with Gasteiger partial charge >= 0.3 is 0 Å². The molecule has 4 fully saturated rings. The molecule has 9 atom stereocenters. The molecule has 0 aliphatic heterocycles. The Bertz CT molecular complexity index is 475. The molecule has 0 aromatic carbocycles. The maximum atomic E-state index is 10.3. The maximum absolute atomic E-state index is 10.3. The Morgan fingerprint density at radius 1 is 0.917 bits per heavy atom. The Hall–Kier alpha value is -0.0800. The Kier molecular flexibility index (Phi) is 4.32. The zero-order valence-electron chi connectivity index (χ0n) is 16.3. The predicted octanol–water partition coefficient (Wildman–Crippen LogP) is 5.04. The lowest BCUT2D eigenvalue weighted by Gasteiger charge is -2.61. The van der Waals surface area contributed by atoms with E-state index in [-0.39, 0.29) is 6.10 Å². The van der Waals surface area contributed by atoms with Crippen molar-refractivity contribution in [3.8, 4) is 0 Å². The number of rotatable bonds is 2. The van der Waals surface area contributed by atoms with Gasteiger partial charge in [-0.1, -0.05) is 13.8 Å². The summed E-state index contributed by atoms with van der Waals surface area (Å²) >= 11 is 0. The van der Waals surface area contributed by atoms with Crippen molar-refractivity contribution in [1.29, 1.82) is 0 Å². The molecule has 138 valence electrons. The fraction of sp³-hybridized carbons (Fsp3) is 1.00. The minimum atomic E-state index is -0.124. The van der Waals surface area contributed by atoms with Gasteiger partial charge in [-0.15, -0.1) is 0 Å². The second-order valence-corrected chi connectivity index (χ2v) is 10.3. The van der Waals surface area contributed by atoms with Crippen LogP contribution in [0.15, 0.2) is 0 Å². The zero-order chi connectivity index (χ0) is 17.1. The van der Waals surface area contributed by atoms with Crippen LogP contribution in [0.25, 0.3) is 0 Å². The standard InChI is InChI=1S/C22H38O2/c1-14(23)18-7-8-19-17-6-5-15-13-16(24-4)9-11-21(15,2)20(17)10-12-22(18,19)3/h14-20,23H,5-13H2,1-4H3/t14?,15?,16?,17-,18+,19-,20-,21-,22+/m0/s1. The van der Waals surface area contributed by atoms with Crippen LogP contribution in [-0.4, -0.2) is 24.4 Å². The number of hydrogen-bond donors (Lipinski definition) is 1. The Labute approximate surface area is 148 Å². The highest BCUT2D eigenvalue weighted by atomic mass is 16.5. The van der Waals surface area contributed by atoms with Crippen LogP contribution in [0, 0.1) is 40.4 Å². The van der Waals surface area contributed by atoms with E-state index in [0.29, 0.717) is 22.9 Å². The summed E-state index contributed by atoms with van der Waals surface area (Å²) in [5, 5.41) is 10.3. The van der Waals surface area contributed by atoms with Crippen molar-refractivity contribution in [3.05, 3.63) is 0 Å². The van der Waals surface area contributed by atoms with Gasteiger partial charge in [0.05, 0.1) is 12.2 Å². The first-order chi connectivity index (χ1) is 11.4. The molecule has 4 aliphatic rings. The largest absolute Gasteiger partial charge is 0.393 e. The molecular weight excluding hydrogens is 296 g/mol. The molecule has 0 saturated heterocycles. The third-order valence-electron chi connectivity index (χ3n) is 9.61. The number of methoxy groups -OCH3 is 1. The van der Waals surface area contributed by atoms with Gasteiger partial charge in [0.1, 0.15) is 0 Å². The van der Waals surface area contributed by atoms with Crippen LogP contribution in [0.1, 0.15) is 78.6 Å². The van der Waals surface area contributed by atoms with Gasteiger partial charge in [0.25, 0.3) is 0 Å². The van der Waals surface area contributed by atoms with E-state index in [0.717, 1.165) is 23.7 Å². The molecule has 0 aromatic heterocycles. The minimum absolute atomic E-state index is 0.124. The van der Waals surface area contributed by atoms with Crippen LogP contribution in [0.5, 0.6) is 0 Å². The SMILES string of the molecule is COC1CC[C@@]2(C)C(CC[C@H]3[C@@H]4CC[C@H](C(C)O)[C@@]4(C)CC[C@@H]32)C1. The molecule has 0 heterocycles. The highest BCUT2D eigenvalue weighted by molar-refractivity contribution is 5.09. The number of hydrogen-bond acceptors (Lipinski definition) is 2. The van der Waals surface area contributed by atoms with Crippen molar-refractivity contribution in [2.75, 3.05) is 7.11 Å². The first kappa shape index (κ1) is 17.3. The van der Waals surface area contributed by atoms with Crippen LogP contribution >= 0.6 is 0 Å². The van der Waals surface area contributed by atoms with E-state index in [1.165, 1.54) is 57.8 Å². The van der Waals surface area contributed by atoms with E-state index in [1.807, 2.05) is 14.0 Å². The normalized spacial score (nSPS) is 55.4. The molecule has 1 N–H and O–H groups in total. The van der Waals surface area contributed by atoms with Gasteiger partial charge in [-0.3, -0.25) is 0 Å². The third kappa shape index (κ3) is 2.35. The van der Waals surface area contributed by atoms with Crippen molar-refractivity contribution in [3.63, 3.8) is 0 Å². The summed E-state index contributed by atoms with van der Waals surface area (Å²) in [6.45, 7) is 7.19. The summed E-state index contributed by atoms with van der Waals surface area (Å²) in [5.41, 5.74) is 0.963. The molecule has 0 spiro atoms. The Morgan fingerprint density at radius 3 is 2.33 bits per heavy atom. The molecular formula is C22H38O2. The Morgan fingerprint density at radius 2 is 1.62 bits per heavy atom. The van der Waals surface area contributed by atoms with Gasteiger partial charge in [-0.2, -0.15) is 0 Å². The average molecular weight is 335 g/mol. The second kappa shape index (κ2) is 5.98. The van der Waals surface area contributed by atoms with E-state index in [4.69, 9.17) is 4.74 Å². The number of aliphatic hydroxyl groups is 1. The highest BCUT2D eigenvalue weighted by Crippen LogP contribution is 2.67. The van der Waals surface area contributed by atoms with Gasteiger partial charge in [0.2, 0.25) is 0 Å². The van der Waals surface area contributed by atoms with Crippen LogP contribution in [-0.2, 0) is 4.74 Å². The van der Waals surface area contributed by atoms with Crippen molar-refractivity contribution < 1.29 is 9.84 Å². The van der Waals surface area contributed by atoms with E-state index in [1.54, 1.807) is 0 Å². The van der Waals surface area contributed by atoms with Gasteiger partial charge in [0.15, 0.2) is 0 Å². The zero-order valence-corrected chi connectivity index (χ0v) is 16.3. The molecule has 4 aliphatic carbocycles. The van der Waals surface area contributed by atoms with Gasteiger partial charge < -0.3 is 9.84 Å². The van der Waals surface area contributed by atoms with E-state index in [9.17, 15) is 5.11 Å². The van der Waals surface area contributed by atoms with Crippen molar-refractivity contribution in [2.45, 2.75) is 90.8 Å². The van der Waals surface area contributed by atoms with E-state index < -0.39 is 0 Å². The number of aliphatic hydroxyl groups excluding tert-OH is 1. The van der Waals surface area contributed by atoms with Crippen molar-refractivity contribution >= 4 is 0 Å². The summed E-state index contributed by atoms with van der Waals surface area (Å²) < 4.78 is 5.72. The summed E-state index contributed by atoms with van der Waals surface area (Å²) in [5.74, 6) is 4.15. The molecule has 4 rings (SSSR count). The summed E-state index contributed by atoms with van der Waals surface area (Å²) in [7, 11) is 1.90. The van der Waals surface area contributed by atoms with Gasteiger partial charge in [-0.05, 0) is 105 Å². The van der Waals surface area contributed by atoms with Crippen LogP contribution in [0.4, 0.5) is 0 Å². The van der Waals surface area contributed by atoms with Crippen molar-refractivity contribution in [2.24, 2.45) is 40.4 Å². The minimum Gasteiger partial charge on any atom is -0.393 e. The lowest BCUT2D eigenvalue weighted by Crippen LogP contribution is -2.54. The smallest absolute Gasteiger partial charge is 0.0574 e. The lowest BCUT2D eigenvalue weighted by molar-refractivity contribution is -0.135. The summed E-state index contributed by atoms with van der Waals surface area (Å²) in [6.07, 6.45) is 12.6. The number of fused-ring (bicyclic) bond motifs is 5. The Balaban J connectivity index is 1.58. The van der Waals surface area contributed by atoms with Crippen LogP contribution in [0.2, 0.25) is 0 Å². The maximum Gasteiger partial charge on any atom is 0.0574 e. The quantitative estimate of drug-likeness (QED) is 0.766. The van der Waals surface area contributed by atoms with E-state index >= 15 is 0 Å². The molecule has 0 amide bonds. The average Bonchev–Trinajstić information content (AvgIpc) is 2.91. The monoisotopic (exact) mass is 334 g/mol. The third-order valence-corrected chi connectivity index (χ3v) is 9.61. The van der Waals surface area contributed by atoms with Gasteiger partial charge in [0, 0.05) is 7.11 Å². The predicted molar refractivity (Wildman–Crippen MR) is 97.7 cm³/mol. The molecule has 2 nitrogen and oxygen atoms in total. The first-order valence-electron chi connectivity index (χ1n) is 10.6. The first-order valence-corrected chi connectivity index (χ1v) is 10.6. The fourth-order valence-corrected chi connectivity index (χ4v) is 8.27. The lowest BCUT2D eigenvalue weighted by atomic mass is 9.44. The van der Waals surface area contributed by atoms with E-state index in [2.05, 4.69) is 13.8 Å². The van der Waals surface area contributed by atoms with Crippen LogP contribution in [0.3, 0.4) is 0 Å².